The number of nitrogens with one attached hydrogen (secondary N) is 2. The minimum atomic E-state index is -3.32. The summed E-state index contributed by atoms with van der Waals surface area (Å²) in [7, 11) is -1.72. The molecule has 0 aliphatic heterocycles. The molecule has 0 heterocycles. The molecule has 0 atom stereocenters. The number of rotatable bonds is 8. The third-order valence-electron chi connectivity index (χ3n) is 2.73. The van der Waals surface area contributed by atoms with Crippen LogP contribution in [0.4, 0.5) is 0 Å². The molecule has 112 valence electrons. The number of ether oxygens (including phenoxy) is 1. The summed E-state index contributed by atoms with van der Waals surface area (Å²) in [5.41, 5.74) is 1.07. The van der Waals surface area contributed by atoms with Crippen molar-refractivity contribution >= 4 is 15.9 Å². The van der Waals surface area contributed by atoms with Crippen LogP contribution in [0.15, 0.2) is 24.3 Å². The molecule has 6 nitrogen and oxygen atoms in total. The van der Waals surface area contributed by atoms with Crippen LogP contribution >= 0.6 is 0 Å². The van der Waals surface area contributed by atoms with Crippen LogP contribution in [0, 0.1) is 0 Å². The molecular weight excluding hydrogens is 280 g/mol. The van der Waals surface area contributed by atoms with Crippen molar-refractivity contribution in [3.05, 3.63) is 29.8 Å². The Bertz CT molecular complexity index is 526. The molecule has 1 rings (SSSR count). The fourth-order valence-corrected chi connectivity index (χ4v) is 2.03. The van der Waals surface area contributed by atoms with Crippen molar-refractivity contribution in [2.75, 3.05) is 26.0 Å². The Hall–Kier alpha value is -1.60. The molecule has 7 heteroatoms. The predicted octanol–water partition coefficient (Wildman–Crippen LogP) is 0.293. The molecule has 0 aliphatic rings. The summed E-state index contributed by atoms with van der Waals surface area (Å²) in [6, 6.07) is 7.55. The Morgan fingerprint density at radius 3 is 2.45 bits per heavy atom. The van der Waals surface area contributed by atoms with Crippen molar-refractivity contribution < 1.29 is 17.9 Å². The second kappa shape index (κ2) is 7.86. The van der Waals surface area contributed by atoms with Crippen molar-refractivity contribution in [3.8, 4) is 5.75 Å². The van der Waals surface area contributed by atoms with Gasteiger partial charge in [-0.05, 0) is 31.0 Å². The van der Waals surface area contributed by atoms with Crippen molar-refractivity contribution in [1.82, 2.24) is 10.0 Å². The molecule has 0 radical (unpaired) electrons. The summed E-state index contributed by atoms with van der Waals surface area (Å²) in [4.78, 5) is 11.4. The fraction of sp³-hybridized carbons (Fsp3) is 0.462. The summed E-state index contributed by atoms with van der Waals surface area (Å²) in [6.45, 7) is 1.75. The first kappa shape index (κ1) is 16.5. The fourth-order valence-electron chi connectivity index (χ4n) is 1.48. The zero-order valence-electron chi connectivity index (χ0n) is 11.7. The Balaban J connectivity index is 2.27. The standard InChI is InChI=1S/C13H20N2O4S/c1-3-20(17,18)15-10-13(16)14-9-8-11-4-6-12(19-2)7-5-11/h4-7,15H,3,8-10H2,1-2H3,(H,14,16). The lowest BCUT2D eigenvalue weighted by Gasteiger charge is -2.07. The van der Waals surface area contributed by atoms with Crippen LogP contribution < -0.4 is 14.8 Å². The highest BCUT2D eigenvalue weighted by Gasteiger charge is 2.08. The van der Waals surface area contributed by atoms with E-state index in [0.29, 0.717) is 13.0 Å². The Labute approximate surface area is 119 Å². The van der Waals surface area contributed by atoms with Crippen molar-refractivity contribution in [2.24, 2.45) is 0 Å². The van der Waals surface area contributed by atoms with Gasteiger partial charge in [-0.1, -0.05) is 12.1 Å². The van der Waals surface area contributed by atoms with E-state index in [1.807, 2.05) is 24.3 Å². The van der Waals surface area contributed by atoms with Crippen LogP contribution in [0.2, 0.25) is 0 Å². The first-order valence-electron chi connectivity index (χ1n) is 6.34. The van der Waals surface area contributed by atoms with E-state index in [1.165, 1.54) is 6.92 Å². The van der Waals surface area contributed by atoms with E-state index in [2.05, 4.69) is 10.0 Å². The highest BCUT2D eigenvalue weighted by molar-refractivity contribution is 7.89. The van der Waals surface area contributed by atoms with Gasteiger partial charge in [0.05, 0.1) is 19.4 Å². The van der Waals surface area contributed by atoms with Crippen LogP contribution in [-0.2, 0) is 21.2 Å². The van der Waals surface area contributed by atoms with Crippen molar-refractivity contribution in [1.29, 1.82) is 0 Å². The van der Waals surface area contributed by atoms with Gasteiger partial charge < -0.3 is 10.1 Å². The van der Waals surface area contributed by atoms with Crippen LogP contribution in [0.5, 0.6) is 5.75 Å². The number of carbonyl (C=O) groups excluding carboxylic acids is 1. The zero-order chi connectivity index (χ0) is 15.0. The third-order valence-corrected chi connectivity index (χ3v) is 4.07. The monoisotopic (exact) mass is 300 g/mol. The van der Waals surface area contributed by atoms with Gasteiger partial charge in [-0.2, -0.15) is 0 Å². The van der Waals surface area contributed by atoms with Gasteiger partial charge in [-0.3, -0.25) is 4.79 Å². The molecule has 0 saturated carbocycles. The molecule has 0 aliphatic carbocycles. The van der Waals surface area contributed by atoms with Gasteiger partial charge >= 0.3 is 0 Å². The van der Waals surface area contributed by atoms with Gasteiger partial charge in [0.2, 0.25) is 15.9 Å². The maximum Gasteiger partial charge on any atom is 0.235 e. The number of benzene rings is 1. The molecule has 0 aromatic heterocycles. The SMILES string of the molecule is CCS(=O)(=O)NCC(=O)NCCc1ccc(OC)cc1. The second-order valence-corrected chi connectivity index (χ2v) is 6.27. The Morgan fingerprint density at radius 2 is 1.90 bits per heavy atom. The average Bonchev–Trinajstić information content (AvgIpc) is 2.46. The lowest BCUT2D eigenvalue weighted by Crippen LogP contribution is -2.38. The van der Waals surface area contributed by atoms with E-state index in [1.54, 1.807) is 7.11 Å². The third kappa shape index (κ3) is 6.03. The van der Waals surface area contributed by atoms with Crippen molar-refractivity contribution in [2.45, 2.75) is 13.3 Å². The largest absolute Gasteiger partial charge is 0.497 e. The van der Waals surface area contributed by atoms with E-state index in [9.17, 15) is 13.2 Å². The van der Waals surface area contributed by atoms with Crippen LogP contribution in [0.1, 0.15) is 12.5 Å². The normalized spacial score (nSPS) is 11.1. The van der Waals surface area contributed by atoms with E-state index >= 15 is 0 Å². The molecule has 1 amide bonds. The molecule has 20 heavy (non-hydrogen) atoms. The summed E-state index contributed by atoms with van der Waals surface area (Å²) in [5.74, 6) is 0.411. The molecule has 0 fully saturated rings. The van der Waals surface area contributed by atoms with Gasteiger partial charge in [0, 0.05) is 6.54 Å². The van der Waals surface area contributed by atoms with Crippen LogP contribution in [0.25, 0.3) is 0 Å². The lowest BCUT2D eigenvalue weighted by atomic mass is 10.1. The summed E-state index contributed by atoms with van der Waals surface area (Å²) in [5, 5.41) is 2.66. The molecule has 0 spiro atoms. The van der Waals surface area contributed by atoms with E-state index in [0.717, 1.165) is 11.3 Å². The van der Waals surface area contributed by atoms with Gasteiger partial charge in [0.15, 0.2) is 0 Å². The van der Waals surface area contributed by atoms with E-state index < -0.39 is 10.0 Å². The second-order valence-electron chi connectivity index (χ2n) is 4.17. The molecule has 1 aromatic rings. The smallest absolute Gasteiger partial charge is 0.235 e. The first-order valence-corrected chi connectivity index (χ1v) is 7.99. The Kier molecular flexibility index (Phi) is 6.47. The highest BCUT2D eigenvalue weighted by atomic mass is 32.2. The summed E-state index contributed by atoms with van der Waals surface area (Å²) < 4.78 is 29.6. The van der Waals surface area contributed by atoms with Gasteiger partial charge in [-0.15, -0.1) is 0 Å². The number of methoxy groups -OCH3 is 1. The molecule has 1 aromatic carbocycles. The van der Waals surface area contributed by atoms with Gasteiger partial charge in [-0.25, -0.2) is 13.1 Å². The van der Waals surface area contributed by atoms with E-state index in [-0.39, 0.29) is 18.2 Å². The molecule has 0 saturated heterocycles. The highest BCUT2D eigenvalue weighted by Crippen LogP contribution is 2.11. The lowest BCUT2D eigenvalue weighted by molar-refractivity contribution is -0.119. The predicted molar refractivity (Wildman–Crippen MR) is 77.2 cm³/mol. The number of hydrogen-bond acceptors (Lipinski definition) is 4. The van der Waals surface area contributed by atoms with Crippen LogP contribution in [-0.4, -0.2) is 40.3 Å². The molecule has 0 unspecified atom stereocenters. The first-order chi connectivity index (χ1) is 9.46. The van der Waals surface area contributed by atoms with E-state index in [4.69, 9.17) is 4.74 Å². The number of carbonyl (C=O) groups is 1. The van der Waals surface area contributed by atoms with Gasteiger partial charge in [0.1, 0.15) is 5.75 Å². The number of hydrogen-bond donors (Lipinski definition) is 2. The minimum absolute atomic E-state index is 0.0356. The van der Waals surface area contributed by atoms with Gasteiger partial charge in [0.25, 0.3) is 0 Å². The molecular formula is C13H20N2O4S. The van der Waals surface area contributed by atoms with Crippen molar-refractivity contribution in [3.63, 3.8) is 0 Å². The maximum absolute atomic E-state index is 11.4. The summed E-state index contributed by atoms with van der Waals surface area (Å²) in [6.07, 6.45) is 0.677. The number of amides is 1. The summed E-state index contributed by atoms with van der Waals surface area (Å²) >= 11 is 0. The van der Waals surface area contributed by atoms with Crippen LogP contribution in [0.3, 0.4) is 0 Å². The molecule has 0 bridgehead atoms. The minimum Gasteiger partial charge on any atom is -0.497 e. The molecule has 2 N–H and O–H groups in total. The quantitative estimate of drug-likeness (QED) is 0.723. The Morgan fingerprint density at radius 1 is 1.25 bits per heavy atom. The topological polar surface area (TPSA) is 84.5 Å². The maximum atomic E-state index is 11.4. The number of sulfonamides is 1. The average molecular weight is 300 g/mol. The zero-order valence-corrected chi connectivity index (χ0v) is 12.5.